The summed E-state index contributed by atoms with van der Waals surface area (Å²) in [6.45, 7) is 6.56. The van der Waals surface area contributed by atoms with Crippen LogP contribution in [-0.2, 0) is 4.74 Å². The third-order valence-electron chi connectivity index (χ3n) is 5.69. The van der Waals surface area contributed by atoms with Crippen LogP contribution in [-0.4, -0.2) is 66.5 Å². The Kier molecular flexibility index (Phi) is 5.69. The molecule has 0 bridgehead atoms. The third-order valence-corrected chi connectivity index (χ3v) is 5.69. The molecule has 0 unspecified atom stereocenters. The summed E-state index contributed by atoms with van der Waals surface area (Å²) in [6, 6.07) is 9.80. The van der Waals surface area contributed by atoms with Gasteiger partial charge in [-0.3, -0.25) is 4.79 Å². The van der Waals surface area contributed by atoms with Crippen molar-refractivity contribution in [3.05, 3.63) is 36.0 Å². The Labute approximate surface area is 170 Å². The molecule has 0 atom stereocenters. The lowest BCUT2D eigenvalue weighted by Crippen LogP contribution is -2.53. The Morgan fingerprint density at radius 2 is 2.07 bits per heavy atom. The Balaban J connectivity index is 1.37. The molecule has 2 fully saturated rings. The summed E-state index contributed by atoms with van der Waals surface area (Å²) < 4.78 is 25.0. The summed E-state index contributed by atoms with van der Waals surface area (Å²) in [5.74, 6) is 0.442. The van der Waals surface area contributed by atoms with Gasteiger partial charge in [-0.15, -0.1) is 0 Å². The van der Waals surface area contributed by atoms with Gasteiger partial charge >= 0.3 is 0 Å². The number of benzene rings is 1. The molecule has 0 aliphatic carbocycles. The van der Waals surface area contributed by atoms with Gasteiger partial charge in [0.05, 0.1) is 25.3 Å². The Hall–Kier alpha value is -2.25. The van der Waals surface area contributed by atoms with E-state index in [1.807, 2.05) is 24.3 Å². The van der Waals surface area contributed by atoms with Gasteiger partial charge in [0.25, 0.3) is 5.91 Å². The van der Waals surface area contributed by atoms with Crippen molar-refractivity contribution < 1.29 is 18.7 Å². The minimum atomic E-state index is -1.45. The lowest BCUT2D eigenvalue weighted by atomic mass is 10.1. The summed E-state index contributed by atoms with van der Waals surface area (Å²) >= 11 is 0. The van der Waals surface area contributed by atoms with Gasteiger partial charge in [0.2, 0.25) is 0 Å². The number of carbonyl (C=O) groups is 1. The largest absolute Gasteiger partial charge is 0.490 e. The van der Waals surface area contributed by atoms with Crippen LogP contribution in [0.1, 0.15) is 37.2 Å². The fourth-order valence-corrected chi connectivity index (χ4v) is 3.76. The number of fused-ring (bicyclic) bond motifs is 1. The van der Waals surface area contributed by atoms with Crippen LogP contribution in [0.2, 0.25) is 0 Å². The van der Waals surface area contributed by atoms with Gasteiger partial charge in [0, 0.05) is 24.5 Å². The summed E-state index contributed by atoms with van der Waals surface area (Å²) in [5.41, 5.74) is -0.470. The van der Waals surface area contributed by atoms with Crippen LogP contribution in [0.4, 0.5) is 4.39 Å². The molecule has 156 valence electrons. The van der Waals surface area contributed by atoms with Crippen LogP contribution in [0.3, 0.4) is 0 Å². The first-order valence-corrected chi connectivity index (χ1v) is 10.3. The number of amides is 1. The fraction of sp³-hybridized carbons (Fsp3) is 0.545. The number of carbonyl (C=O) groups excluding carboxylic acids is 1. The van der Waals surface area contributed by atoms with E-state index in [0.29, 0.717) is 11.6 Å². The molecule has 1 amide bonds. The van der Waals surface area contributed by atoms with Crippen molar-refractivity contribution in [1.82, 2.24) is 15.2 Å². The molecule has 29 heavy (non-hydrogen) atoms. The maximum absolute atomic E-state index is 14.0. The number of halogens is 1. The minimum absolute atomic E-state index is 0.0255. The van der Waals surface area contributed by atoms with Crippen LogP contribution < -0.4 is 10.1 Å². The summed E-state index contributed by atoms with van der Waals surface area (Å²) in [7, 11) is 0. The molecular weight excluding hydrogens is 373 g/mol. The first-order valence-electron chi connectivity index (χ1n) is 10.3. The topological polar surface area (TPSA) is 63.7 Å². The van der Waals surface area contributed by atoms with Crippen LogP contribution in [0, 0.1) is 0 Å². The molecule has 2 aliphatic heterocycles. The molecule has 0 spiro atoms. The lowest BCUT2D eigenvalue weighted by Gasteiger charge is -2.34. The van der Waals surface area contributed by atoms with Crippen molar-refractivity contribution in [3.63, 3.8) is 0 Å². The number of ether oxygens (including phenoxy) is 2. The number of pyridine rings is 1. The highest BCUT2D eigenvalue weighted by Gasteiger charge is 2.39. The van der Waals surface area contributed by atoms with Crippen molar-refractivity contribution in [3.8, 4) is 5.75 Å². The molecule has 7 heteroatoms. The number of likely N-dealkylation sites (tertiary alicyclic amines) is 1. The van der Waals surface area contributed by atoms with Gasteiger partial charge in [-0.25, -0.2) is 9.37 Å². The zero-order valence-corrected chi connectivity index (χ0v) is 17.0. The monoisotopic (exact) mass is 401 g/mol. The molecule has 1 aromatic carbocycles. The quantitative estimate of drug-likeness (QED) is 0.806. The van der Waals surface area contributed by atoms with E-state index in [1.54, 1.807) is 6.07 Å². The van der Waals surface area contributed by atoms with Gasteiger partial charge in [-0.2, -0.15) is 0 Å². The van der Waals surface area contributed by atoms with Gasteiger partial charge in [0.1, 0.15) is 17.5 Å². The molecule has 3 heterocycles. The highest BCUT2D eigenvalue weighted by Crippen LogP contribution is 2.24. The Morgan fingerprint density at radius 1 is 1.31 bits per heavy atom. The second kappa shape index (κ2) is 8.24. The van der Waals surface area contributed by atoms with E-state index < -0.39 is 5.67 Å². The molecule has 0 saturated carbocycles. The number of aromatic nitrogens is 1. The number of hydrogen-bond acceptors (Lipinski definition) is 5. The van der Waals surface area contributed by atoms with Gasteiger partial charge < -0.3 is 19.7 Å². The van der Waals surface area contributed by atoms with Crippen LogP contribution in [0.25, 0.3) is 10.9 Å². The van der Waals surface area contributed by atoms with E-state index in [4.69, 9.17) is 9.47 Å². The number of rotatable bonds is 6. The van der Waals surface area contributed by atoms with Crippen LogP contribution in [0.15, 0.2) is 30.3 Å². The number of nitrogens with zero attached hydrogens (tertiary/aromatic N) is 2. The number of piperidine rings is 1. The zero-order valence-electron chi connectivity index (χ0n) is 17.0. The molecule has 2 aromatic rings. The first kappa shape index (κ1) is 20.0. The molecule has 2 saturated heterocycles. The second-order valence-corrected chi connectivity index (χ2v) is 8.32. The fourth-order valence-electron chi connectivity index (χ4n) is 3.76. The Morgan fingerprint density at radius 3 is 2.72 bits per heavy atom. The molecule has 1 aromatic heterocycles. The molecule has 1 N–H and O–H groups in total. The van der Waals surface area contributed by atoms with E-state index >= 15 is 0 Å². The van der Waals surface area contributed by atoms with Crippen molar-refractivity contribution >= 4 is 16.8 Å². The zero-order chi connectivity index (χ0) is 20.4. The number of hydrogen-bond donors (Lipinski definition) is 1. The molecule has 0 radical (unpaired) electrons. The van der Waals surface area contributed by atoms with Crippen molar-refractivity contribution in [1.29, 1.82) is 0 Å². The van der Waals surface area contributed by atoms with Crippen LogP contribution in [0.5, 0.6) is 5.75 Å². The highest BCUT2D eigenvalue weighted by molar-refractivity contribution is 5.95. The van der Waals surface area contributed by atoms with E-state index in [9.17, 15) is 9.18 Å². The van der Waals surface area contributed by atoms with E-state index in [0.717, 1.165) is 37.1 Å². The van der Waals surface area contributed by atoms with E-state index in [2.05, 4.69) is 29.0 Å². The average molecular weight is 401 g/mol. The standard InChI is InChI=1S/C22H28FN3O3/c1-15(2)26-9-7-17(8-10-26)29-18-4-6-19-16(11-18)3-5-20(25-19)21(27)24-12-22(23)13-28-14-22/h3-6,11,15,17H,7-10,12-14H2,1-2H3,(H,24,27). The predicted molar refractivity (Wildman–Crippen MR) is 109 cm³/mol. The van der Waals surface area contributed by atoms with Gasteiger partial charge in [0.15, 0.2) is 5.67 Å². The van der Waals surface area contributed by atoms with Gasteiger partial charge in [-0.05, 0) is 51.0 Å². The number of alkyl halides is 1. The summed E-state index contributed by atoms with van der Waals surface area (Å²) in [5, 5.41) is 3.51. The van der Waals surface area contributed by atoms with Crippen molar-refractivity contribution in [2.75, 3.05) is 32.8 Å². The highest BCUT2D eigenvalue weighted by atomic mass is 19.1. The smallest absolute Gasteiger partial charge is 0.270 e. The first-order chi connectivity index (χ1) is 13.9. The van der Waals surface area contributed by atoms with Gasteiger partial charge in [-0.1, -0.05) is 6.07 Å². The van der Waals surface area contributed by atoms with E-state index in [-0.39, 0.29) is 37.5 Å². The average Bonchev–Trinajstić information content (AvgIpc) is 2.70. The maximum Gasteiger partial charge on any atom is 0.270 e. The summed E-state index contributed by atoms with van der Waals surface area (Å²) in [4.78, 5) is 19.1. The molecule has 6 nitrogen and oxygen atoms in total. The third kappa shape index (κ3) is 4.67. The maximum atomic E-state index is 14.0. The van der Waals surface area contributed by atoms with Crippen molar-refractivity contribution in [2.24, 2.45) is 0 Å². The second-order valence-electron chi connectivity index (χ2n) is 8.32. The summed E-state index contributed by atoms with van der Waals surface area (Å²) in [6.07, 6.45) is 2.27. The van der Waals surface area contributed by atoms with E-state index in [1.165, 1.54) is 0 Å². The predicted octanol–water partition coefficient (Wildman–Crippen LogP) is 2.95. The normalized spacial score (nSPS) is 19.9. The SMILES string of the molecule is CC(C)N1CCC(Oc2ccc3nc(C(=O)NCC4(F)COC4)ccc3c2)CC1. The lowest BCUT2D eigenvalue weighted by molar-refractivity contribution is -0.126. The Bertz CT molecular complexity index is 877. The van der Waals surface area contributed by atoms with Crippen LogP contribution >= 0.6 is 0 Å². The minimum Gasteiger partial charge on any atom is -0.490 e. The molecular formula is C22H28FN3O3. The van der Waals surface area contributed by atoms with Crippen molar-refractivity contribution in [2.45, 2.75) is 44.5 Å². The molecule has 4 rings (SSSR count). The molecule has 2 aliphatic rings. The number of nitrogens with one attached hydrogen (secondary N) is 1.